The molecule has 0 aliphatic heterocycles. The van der Waals surface area contributed by atoms with Gasteiger partial charge in [-0.15, -0.1) is 0 Å². The summed E-state index contributed by atoms with van der Waals surface area (Å²) in [6.45, 7) is 0. The molecule has 0 aliphatic rings. The number of aliphatic carboxylic acids is 3. The summed E-state index contributed by atoms with van der Waals surface area (Å²) in [5.74, 6) is -5.98. The van der Waals surface area contributed by atoms with E-state index in [4.69, 9.17) is 5.11 Å². The molecular formula is C6H5CuO7Pb. The average Bonchev–Trinajstić information content (AvgIpc) is 1.82. The minimum Gasteiger partial charge on any atom is -0.550 e. The Morgan fingerprint density at radius 1 is 1.00 bits per heavy atom. The summed E-state index contributed by atoms with van der Waals surface area (Å²) in [4.78, 5) is 30.0. The second kappa shape index (κ2) is 8.02. The second-order valence-electron chi connectivity index (χ2n) is 2.42. The molecule has 0 bridgehead atoms. The van der Waals surface area contributed by atoms with Gasteiger partial charge < -0.3 is 34.8 Å². The van der Waals surface area contributed by atoms with Gasteiger partial charge in [-0.1, -0.05) is 0 Å². The molecule has 0 aromatic heterocycles. The molecule has 1 N–H and O–H groups in total. The summed E-state index contributed by atoms with van der Waals surface area (Å²) < 4.78 is 0. The molecule has 0 aliphatic carbocycles. The Morgan fingerprint density at radius 3 is 1.40 bits per heavy atom. The first-order valence-electron chi connectivity index (χ1n) is 3.11. The number of carboxylic acids is 3. The van der Waals surface area contributed by atoms with Gasteiger partial charge in [0.15, 0.2) is 0 Å². The summed E-state index contributed by atoms with van der Waals surface area (Å²) >= 11 is 0. The van der Waals surface area contributed by atoms with Crippen molar-refractivity contribution in [2.75, 3.05) is 0 Å². The van der Waals surface area contributed by atoms with Crippen molar-refractivity contribution in [2.45, 2.75) is 18.4 Å². The van der Waals surface area contributed by atoms with Gasteiger partial charge in [0.05, 0.1) is 5.97 Å². The molecule has 15 heavy (non-hydrogen) atoms. The zero-order valence-corrected chi connectivity index (χ0v) is 11.9. The van der Waals surface area contributed by atoms with Crippen LogP contribution in [0.25, 0.3) is 0 Å². The molecule has 0 rings (SSSR count). The van der Waals surface area contributed by atoms with Gasteiger partial charge >= 0.3 is 44.4 Å². The molecule has 0 amide bonds. The van der Waals surface area contributed by atoms with Crippen LogP contribution in [0.3, 0.4) is 0 Å². The Kier molecular flexibility index (Phi) is 10.8. The summed E-state index contributed by atoms with van der Waals surface area (Å²) in [6, 6.07) is 0. The Labute approximate surface area is 115 Å². The number of carbonyl (C=O) groups excluding carboxylic acids is 3. The first kappa shape index (κ1) is 20.3. The molecule has 86 valence electrons. The maximum absolute atomic E-state index is 10.1. The van der Waals surface area contributed by atoms with Crippen LogP contribution in [-0.4, -0.2) is 55.9 Å². The van der Waals surface area contributed by atoms with E-state index in [0.717, 1.165) is 0 Å². The number of hydrogen-bond acceptors (Lipinski definition) is 7. The minimum atomic E-state index is -2.97. The number of rotatable bonds is 5. The van der Waals surface area contributed by atoms with Crippen LogP contribution in [0, 0.1) is 0 Å². The standard InChI is InChI=1S/C6H8O7.Cu.Pb/c7-3(8)1-6(13,5(11)12)2-4(9)10;;/h13H,1-2H2,(H,7,8)(H,9,10)(H,11,12);;/q;+1;+2/p-3. The van der Waals surface area contributed by atoms with Gasteiger partial charge in [0.2, 0.25) is 0 Å². The van der Waals surface area contributed by atoms with Crippen LogP contribution in [-0.2, 0) is 31.5 Å². The van der Waals surface area contributed by atoms with Crippen LogP contribution >= 0.6 is 0 Å². The Bertz CT molecular complexity index is 238. The smallest absolute Gasteiger partial charge is 0.550 e. The number of carboxylic acid groups (broad SMARTS) is 3. The summed E-state index contributed by atoms with van der Waals surface area (Å²) in [7, 11) is 0. The van der Waals surface area contributed by atoms with Gasteiger partial charge in [-0.3, -0.25) is 0 Å². The molecule has 7 nitrogen and oxygen atoms in total. The van der Waals surface area contributed by atoms with Crippen LogP contribution in [0.5, 0.6) is 0 Å². The van der Waals surface area contributed by atoms with E-state index in [1.807, 2.05) is 0 Å². The predicted molar refractivity (Wildman–Crippen MR) is 35.0 cm³/mol. The largest absolute Gasteiger partial charge is 2.00 e. The van der Waals surface area contributed by atoms with E-state index in [0.29, 0.717) is 0 Å². The molecule has 0 fully saturated rings. The third kappa shape index (κ3) is 7.71. The third-order valence-electron chi connectivity index (χ3n) is 1.25. The van der Waals surface area contributed by atoms with Crippen LogP contribution in [0.4, 0.5) is 0 Å². The first-order chi connectivity index (χ1) is 5.78. The van der Waals surface area contributed by atoms with Gasteiger partial charge in [-0.05, 0) is 0 Å². The van der Waals surface area contributed by atoms with E-state index >= 15 is 0 Å². The molecule has 0 atom stereocenters. The molecule has 0 aromatic rings. The van der Waals surface area contributed by atoms with Crippen LogP contribution in [0.1, 0.15) is 12.8 Å². The SMILES string of the molecule is O=C([O-])CC(O)(CC(=O)[O-])C(=O)[O-].[Cu+].[Pb+2]. The van der Waals surface area contributed by atoms with E-state index in [9.17, 15) is 29.7 Å². The minimum absolute atomic E-state index is 0. The molecule has 0 heterocycles. The van der Waals surface area contributed by atoms with Crippen molar-refractivity contribution >= 4 is 45.2 Å². The molecule has 2 radical (unpaired) electrons. The van der Waals surface area contributed by atoms with Gasteiger partial charge in [-0.2, -0.15) is 0 Å². The maximum Gasteiger partial charge on any atom is 2.00 e. The molecule has 0 unspecified atom stereocenters. The van der Waals surface area contributed by atoms with E-state index < -0.39 is 36.4 Å². The predicted octanol–water partition coefficient (Wildman–Crippen LogP) is -5.64. The van der Waals surface area contributed by atoms with Crippen LogP contribution < -0.4 is 15.3 Å². The van der Waals surface area contributed by atoms with Crippen molar-refractivity contribution in [3.05, 3.63) is 0 Å². The van der Waals surface area contributed by atoms with E-state index in [1.54, 1.807) is 0 Å². The van der Waals surface area contributed by atoms with Crippen molar-refractivity contribution in [3.63, 3.8) is 0 Å². The fourth-order valence-corrected chi connectivity index (χ4v) is 0.684. The normalized spacial score (nSPS) is 9.40. The molecule has 0 spiro atoms. The molecule has 9 heteroatoms. The van der Waals surface area contributed by atoms with Crippen molar-refractivity contribution < 1.29 is 51.9 Å². The zero-order valence-electron chi connectivity index (χ0n) is 7.11. The molecule has 0 saturated carbocycles. The van der Waals surface area contributed by atoms with Gasteiger partial charge in [0.1, 0.15) is 5.60 Å². The Balaban J connectivity index is -0.000000720. The summed E-state index contributed by atoms with van der Waals surface area (Å²) in [5, 5.41) is 38.9. The maximum atomic E-state index is 10.1. The van der Waals surface area contributed by atoms with Gasteiger partial charge in [0.25, 0.3) is 0 Å². The fourth-order valence-electron chi connectivity index (χ4n) is 0.684. The van der Waals surface area contributed by atoms with E-state index in [-0.39, 0.29) is 44.4 Å². The summed E-state index contributed by atoms with van der Waals surface area (Å²) in [5.41, 5.74) is -2.97. The van der Waals surface area contributed by atoms with Crippen molar-refractivity contribution in [2.24, 2.45) is 0 Å². The van der Waals surface area contributed by atoms with Crippen LogP contribution in [0.15, 0.2) is 0 Å². The van der Waals surface area contributed by atoms with Crippen LogP contribution in [0.2, 0.25) is 0 Å². The van der Waals surface area contributed by atoms with Gasteiger partial charge in [-0.25, -0.2) is 0 Å². The van der Waals surface area contributed by atoms with Gasteiger partial charge in [0, 0.05) is 24.8 Å². The molecule has 0 saturated heterocycles. The Morgan fingerprint density at radius 2 is 1.27 bits per heavy atom. The fraction of sp³-hybridized carbons (Fsp3) is 0.500. The number of carbonyl (C=O) groups is 3. The average molecular weight is 460 g/mol. The number of aliphatic hydroxyl groups is 1. The summed E-state index contributed by atoms with van der Waals surface area (Å²) in [6.07, 6.45) is -2.72. The first-order valence-corrected chi connectivity index (χ1v) is 3.11. The zero-order chi connectivity index (χ0) is 10.6. The van der Waals surface area contributed by atoms with E-state index in [1.165, 1.54) is 0 Å². The monoisotopic (exact) mass is 460 g/mol. The number of hydrogen-bond donors (Lipinski definition) is 1. The molecule has 0 aromatic carbocycles. The van der Waals surface area contributed by atoms with E-state index in [2.05, 4.69) is 0 Å². The molecular weight excluding hydrogens is 455 g/mol. The van der Waals surface area contributed by atoms with Crippen molar-refractivity contribution in [3.8, 4) is 0 Å². The second-order valence-corrected chi connectivity index (χ2v) is 2.42. The third-order valence-corrected chi connectivity index (χ3v) is 1.25. The topological polar surface area (TPSA) is 141 Å². The Hall–Kier alpha value is -0.188. The quantitative estimate of drug-likeness (QED) is 0.404. The van der Waals surface area contributed by atoms with Crippen molar-refractivity contribution in [1.29, 1.82) is 0 Å². The van der Waals surface area contributed by atoms with Crippen molar-refractivity contribution in [1.82, 2.24) is 0 Å².